The van der Waals surface area contributed by atoms with Crippen LogP contribution in [0.4, 0.5) is 10.1 Å². The van der Waals surface area contributed by atoms with E-state index in [0.717, 1.165) is 18.4 Å². The minimum Gasteiger partial charge on any atom is -0.383 e. The van der Waals surface area contributed by atoms with Crippen LogP contribution in [0.1, 0.15) is 24.0 Å². The number of nitrogens with two attached hydrogens (primary N) is 1. The lowest BCUT2D eigenvalue weighted by Crippen LogP contribution is -2.20. The van der Waals surface area contributed by atoms with Crippen LogP contribution in [-0.2, 0) is 15.4 Å². The Morgan fingerprint density at radius 1 is 1.25 bits per heavy atom. The summed E-state index contributed by atoms with van der Waals surface area (Å²) >= 11 is 0. The predicted octanol–water partition coefficient (Wildman–Crippen LogP) is 2.49. The molecule has 7 heteroatoms. The molecule has 3 rings (SSSR count). The molecule has 0 bridgehead atoms. The molecular formula is C17H16FN3O2S. The summed E-state index contributed by atoms with van der Waals surface area (Å²) in [5.74, 6) is -0.269. The van der Waals surface area contributed by atoms with Crippen LogP contribution < -0.4 is 10.5 Å². The summed E-state index contributed by atoms with van der Waals surface area (Å²) in [6, 6.07) is 12.6. The summed E-state index contributed by atoms with van der Waals surface area (Å²) < 4.78 is 36.2. The van der Waals surface area contributed by atoms with Gasteiger partial charge in [0, 0.05) is 12.0 Å². The molecule has 124 valence electrons. The number of rotatable bonds is 5. The van der Waals surface area contributed by atoms with Gasteiger partial charge in [-0.25, -0.2) is 17.9 Å². The molecule has 0 unspecified atom stereocenters. The molecule has 1 aliphatic rings. The molecule has 1 saturated carbocycles. The molecule has 24 heavy (non-hydrogen) atoms. The molecule has 0 saturated heterocycles. The highest BCUT2D eigenvalue weighted by molar-refractivity contribution is 7.89. The largest absolute Gasteiger partial charge is 0.383 e. The minimum absolute atomic E-state index is 0.101. The number of sulfonamides is 1. The molecule has 2 aromatic carbocycles. The summed E-state index contributed by atoms with van der Waals surface area (Å²) in [7, 11) is -3.85. The van der Waals surface area contributed by atoms with E-state index in [0.29, 0.717) is 12.2 Å². The van der Waals surface area contributed by atoms with Gasteiger partial charge in [0.1, 0.15) is 11.9 Å². The van der Waals surface area contributed by atoms with Crippen LogP contribution in [0, 0.1) is 17.1 Å². The Labute approximate surface area is 140 Å². The van der Waals surface area contributed by atoms with Gasteiger partial charge < -0.3 is 5.32 Å². The molecule has 0 aliphatic heterocycles. The highest BCUT2D eigenvalue weighted by Crippen LogP contribution is 2.48. The van der Waals surface area contributed by atoms with Crippen molar-refractivity contribution in [3.8, 4) is 6.07 Å². The maximum Gasteiger partial charge on any atom is 0.238 e. The van der Waals surface area contributed by atoms with E-state index in [1.807, 2.05) is 12.1 Å². The van der Waals surface area contributed by atoms with Gasteiger partial charge >= 0.3 is 0 Å². The minimum atomic E-state index is -3.85. The van der Waals surface area contributed by atoms with Crippen molar-refractivity contribution in [1.82, 2.24) is 0 Å². The van der Waals surface area contributed by atoms with Crippen molar-refractivity contribution in [1.29, 1.82) is 5.26 Å². The molecule has 2 aromatic rings. The van der Waals surface area contributed by atoms with E-state index in [9.17, 15) is 18.1 Å². The van der Waals surface area contributed by atoms with Crippen LogP contribution in [0.5, 0.6) is 0 Å². The maximum atomic E-state index is 13.4. The second kappa shape index (κ2) is 5.89. The number of nitrogens with one attached hydrogen (secondary N) is 1. The standard InChI is InChI=1S/C17H16FN3O2S/c18-14-3-1-2-13(9-14)17(6-7-17)11-21-16-5-4-15(24(20,22)23)8-12(16)10-19/h1-5,8-9,21H,6-7,11H2,(H2,20,22,23). The Kier molecular flexibility index (Phi) is 4.03. The lowest BCUT2D eigenvalue weighted by atomic mass is 9.95. The smallest absolute Gasteiger partial charge is 0.238 e. The van der Waals surface area contributed by atoms with Gasteiger partial charge in [0.2, 0.25) is 10.0 Å². The third kappa shape index (κ3) is 3.25. The Hall–Kier alpha value is -2.43. The number of anilines is 1. The third-order valence-corrected chi connectivity index (χ3v) is 5.26. The van der Waals surface area contributed by atoms with Gasteiger partial charge in [-0.1, -0.05) is 12.1 Å². The topological polar surface area (TPSA) is 96.0 Å². The Balaban J connectivity index is 1.81. The van der Waals surface area contributed by atoms with Crippen LogP contribution in [0.15, 0.2) is 47.4 Å². The molecule has 1 aliphatic carbocycles. The maximum absolute atomic E-state index is 13.4. The van der Waals surface area contributed by atoms with Crippen LogP contribution >= 0.6 is 0 Å². The zero-order chi connectivity index (χ0) is 17.4. The van der Waals surface area contributed by atoms with Gasteiger partial charge in [0.05, 0.1) is 16.1 Å². The van der Waals surface area contributed by atoms with E-state index in [1.165, 1.54) is 30.3 Å². The number of benzene rings is 2. The lowest BCUT2D eigenvalue weighted by molar-refractivity contribution is 0.598. The van der Waals surface area contributed by atoms with Gasteiger partial charge in [-0.15, -0.1) is 0 Å². The van der Waals surface area contributed by atoms with Crippen molar-refractivity contribution >= 4 is 15.7 Å². The third-order valence-electron chi connectivity index (χ3n) is 4.35. The molecule has 0 aromatic heterocycles. The molecule has 3 N–H and O–H groups in total. The van der Waals surface area contributed by atoms with Gasteiger partial charge in [0.25, 0.3) is 0 Å². The monoisotopic (exact) mass is 345 g/mol. The second-order valence-electron chi connectivity index (χ2n) is 6.01. The first-order chi connectivity index (χ1) is 11.3. The van der Waals surface area contributed by atoms with E-state index < -0.39 is 10.0 Å². The summed E-state index contributed by atoms with van der Waals surface area (Å²) in [4.78, 5) is -0.101. The number of hydrogen-bond donors (Lipinski definition) is 2. The first-order valence-electron chi connectivity index (χ1n) is 7.41. The molecule has 5 nitrogen and oxygen atoms in total. The normalized spacial score (nSPS) is 15.5. The van der Waals surface area contributed by atoms with Crippen molar-refractivity contribution in [3.63, 3.8) is 0 Å². The molecule has 0 atom stereocenters. The fourth-order valence-electron chi connectivity index (χ4n) is 2.75. The number of nitrogens with zero attached hydrogens (tertiary/aromatic N) is 1. The van der Waals surface area contributed by atoms with Crippen molar-refractivity contribution in [2.75, 3.05) is 11.9 Å². The number of primary sulfonamides is 1. The fourth-order valence-corrected chi connectivity index (χ4v) is 3.29. The summed E-state index contributed by atoms with van der Waals surface area (Å²) in [5.41, 5.74) is 1.52. The lowest BCUT2D eigenvalue weighted by Gasteiger charge is -2.18. The fraction of sp³-hybridized carbons (Fsp3) is 0.235. The number of hydrogen-bond acceptors (Lipinski definition) is 4. The average Bonchev–Trinajstić information content (AvgIpc) is 3.33. The Morgan fingerprint density at radius 2 is 2.00 bits per heavy atom. The zero-order valence-corrected chi connectivity index (χ0v) is 13.6. The van der Waals surface area contributed by atoms with Crippen LogP contribution in [0.3, 0.4) is 0 Å². The Morgan fingerprint density at radius 3 is 2.58 bits per heavy atom. The second-order valence-corrected chi connectivity index (χ2v) is 7.57. The van der Waals surface area contributed by atoms with Crippen molar-refractivity contribution in [2.24, 2.45) is 5.14 Å². The van der Waals surface area contributed by atoms with Crippen LogP contribution in [-0.4, -0.2) is 15.0 Å². The quantitative estimate of drug-likeness (QED) is 0.870. The predicted molar refractivity (Wildman–Crippen MR) is 88.3 cm³/mol. The average molecular weight is 345 g/mol. The Bertz CT molecular complexity index is 931. The van der Waals surface area contributed by atoms with E-state index >= 15 is 0 Å². The van der Waals surface area contributed by atoms with Gasteiger partial charge in [-0.2, -0.15) is 5.26 Å². The first kappa shape index (κ1) is 16.4. The molecule has 0 radical (unpaired) electrons. The summed E-state index contributed by atoms with van der Waals surface area (Å²) in [5, 5.41) is 17.5. The van der Waals surface area contributed by atoms with E-state index in [4.69, 9.17) is 5.14 Å². The molecule has 0 amide bonds. The number of halogens is 1. The SMILES string of the molecule is N#Cc1cc(S(N)(=O)=O)ccc1NCC1(c2cccc(F)c2)CC1. The highest BCUT2D eigenvalue weighted by Gasteiger charge is 2.44. The molecular weight excluding hydrogens is 329 g/mol. The molecule has 0 spiro atoms. The van der Waals surface area contributed by atoms with Crippen LogP contribution in [0.25, 0.3) is 0 Å². The van der Waals surface area contributed by atoms with E-state index in [2.05, 4.69) is 5.32 Å². The summed E-state index contributed by atoms with van der Waals surface area (Å²) in [6.07, 6.45) is 1.86. The van der Waals surface area contributed by atoms with Crippen molar-refractivity contribution in [2.45, 2.75) is 23.2 Å². The molecule has 1 fully saturated rings. The van der Waals surface area contributed by atoms with E-state index in [-0.39, 0.29) is 21.7 Å². The first-order valence-corrected chi connectivity index (χ1v) is 8.96. The van der Waals surface area contributed by atoms with Crippen molar-refractivity contribution in [3.05, 3.63) is 59.4 Å². The summed E-state index contributed by atoms with van der Waals surface area (Å²) in [6.45, 7) is 0.542. The van der Waals surface area contributed by atoms with E-state index in [1.54, 1.807) is 6.07 Å². The zero-order valence-electron chi connectivity index (χ0n) is 12.8. The van der Waals surface area contributed by atoms with Crippen LogP contribution in [0.2, 0.25) is 0 Å². The van der Waals surface area contributed by atoms with Gasteiger partial charge in [-0.05, 0) is 48.7 Å². The van der Waals surface area contributed by atoms with Gasteiger partial charge in [0.15, 0.2) is 0 Å². The molecule has 0 heterocycles. The van der Waals surface area contributed by atoms with Crippen molar-refractivity contribution < 1.29 is 12.8 Å². The highest BCUT2D eigenvalue weighted by atomic mass is 32.2. The van der Waals surface area contributed by atoms with Gasteiger partial charge in [-0.3, -0.25) is 0 Å². The number of nitriles is 1.